The van der Waals surface area contributed by atoms with Crippen LogP contribution in [0, 0.1) is 0 Å². The lowest BCUT2D eigenvalue weighted by Gasteiger charge is -2.19. The third-order valence-electron chi connectivity index (χ3n) is 3.38. The van der Waals surface area contributed by atoms with E-state index in [1.807, 2.05) is 11.8 Å². The van der Waals surface area contributed by atoms with E-state index >= 15 is 0 Å². The Morgan fingerprint density at radius 2 is 2.11 bits per heavy atom. The summed E-state index contributed by atoms with van der Waals surface area (Å²) in [7, 11) is 0. The highest BCUT2D eigenvalue weighted by atomic mass is 32.1. The van der Waals surface area contributed by atoms with E-state index in [9.17, 15) is 4.79 Å². The molecule has 1 fully saturated rings. The summed E-state index contributed by atoms with van der Waals surface area (Å²) in [6.07, 6.45) is 3.34. The number of nitrogens with two attached hydrogens (primary N) is 1. The summed E-state index contributed by atoms with van der Waals surface area (Å²) in [4.78, 5) is 21.4. The maximum atomic E-state index is 12.4. The van der Waals surface area contributed by atoms with Crippen LogP contribution in [0.25, 0.3) is 0 Å². The van der Waals surface area contributed by atoms with Crippen molar-refractivity contribution >= 4 is 28.2 Å². The molecule has 1 saturated heterocycles. The molecule has 1 aliphatic heterocycles. The highest BCUT2D eigenvalue weighted by Crippen LogP contribution is 2.31. The molecule has 19 heavy (non-hydrogen) atoms. The van der Waals surface area contributed by atoms with Gasteiger partial charge in [0.25, 0.3) is 5.91 Å². The summed E-state index contributed by atoms with van der Waals surface area (Å²) < 4.78 is 0. The number of carbonyl (C=O) groups excluding carboxylic acids is 1. The smallest absolute Gasteiger partial charge is 0.267 e. The number of anilines is 2. The minimum absolute atomic E-state index is 0.0183. The van der Waals surface area contributed by atoms with Crippen LogP contribution in [0.3, 0.4) is 0 Å². The van der Waals surface area contributed by atoms with Gasteiger partial charge in [-0.1, -0.05) is 18.3 Å². The van der Waals surface area contributed by atoms with Crippen molar-refractivity contribution in [3.05, 3.63) is 4.88 Å². The maximum absolute atomic E-state index is 12.4. The largest absolute Gasteiger partial charge is 0.382 e. The van der Waals surface area contributed by atoms with Crippen LogP contribution >= 0.6 is 11.3 Å². The predicted molar refractivity (Wildman–Crippen MR) is 79.8 cm³/mol. The molecule has 1 aromatic heterocycles. The second-order valence-corrected chi connectivity index (χ2v) is 5.77. The number of amides is 1. The molecular weight excluding hydrogens is 260 g/mol. The zero-order valence-electron chi connectivity index (χ0n) is 11.7. The van der Waals surface area contributed by atoms with E-state index in [1.165, 1.54) is 24.2 Å². The van der Waals surface area contributed by atoms with Crippen molar-refractivity contribution in [1.82, 2.24) is 9.88 Å². The molecule has 2 rings (SSSR count). The Labute approximate surface area is 118 Å². The van der Waals surface area contributed by atoms with Gasteiger partial charge in [-0.25, -0.2) is 4.98 Å². The molecule has 0 bridgehead atoms. The second kappa shape index (κ2) is 6.23. The second-order valence-electron chi connectivity index (χ2n) is 4.79. The molecule has 5 nitrogen and oxygen atoms in total. The quantitative estimate of drug-likeness (QED) is 0.899. The van der Waals surface area contributed by atoms with Crippen LogP contribution in [0.15, 0.2) is 0 Å². The fourth-order valence-corrected chi connectivity index (χ4v) is 3.34. The Kier molecular flexibility index (Phi) is 4.63. The molecule has 0 unspecified atom stereocenters. The van der Waals surface area contributed by atoms with Crippen LogP contribution in [-0.4, -0.2) is 42.0 Å². The van der Waals surface area contributed by atoms with Crippen molar-refractivity contribution in [2.45, 2.75) is 33.1 Å². The fourth-order valence-electron chi connectivity index (χ4n) is 2.33. The van der Waals surface area contributed by atoms with Crippen molar-refractivity contribution < 1.29 is 4.79 Å². The highest BCUT2D eigenvalue weighted by Gasteiger charge is 2.24. The van der Waals surface area contributed by atoms with Crippen LogP contribution in [0.1, 0.15) is 42.8 Å². The molecule has 0 spiro atoms. The van der Waals surface area contributed by atoms with Crippen molar-refractivity contribution in [2.75, 3.05) is 36.8 Å². The van der Waals surface area contributed by atoms with Crippen molar-refractivity contribution in [1.29, 1.82) is 0 Å². The summed E-state index contributed by atoms with van der Waals surface area (Å²) in [6.45, 7) is 7.59. The third kappa shape index (κ3) is 3.00. The summed E-state index contributed by atoms with van der Waals surface area (Å²) in [5.74, 6) is 0.399. The number of hydrogen-bond donors (Lipinski definition) is 1. The maximum Gasteiger partial charge on any atom is 0.267 e. The van der Waals surface area contributed by atoms with Gasteiger partial charge in [-0.15, -0.1) is 0 Å². The van der Waals surface area contributed by atoms with E-state index < -0.39 is 0 Å². The summed E-state index contributed by atoms with van der Waals surface area (Å²) in [5, 5.41) is 0.894. The van der Waals surface area contributed by atoms with E-state index in [2.05, 4.69) is 16.8 Å². The van der Waals surface area contributed by atoms with E-state index in [4.69, 9.17) is 5.73 Å². The first-order chi connectivity index (χ1) is 9.17. The van der Waals surface area contributed by atoms with Gasteiger partial charge in [0.2, 0.25) is 0 Å². The lowest BCUT2D eigenvalue weighted by atomic mass is 10.3. The number of thiazole rings is 1. The van der Waals surface area contributed by atoms with Crippen LogP contribution in [0.5, 0.6) is 0 Å². The Morgan fingerprint density at radius 1 is 1.42 bits per heavy atom. The van der Waals surface area contributed by atoms with E-state index in [0.29, 0.717) is 17.2 Å². The SMILES string of the molecule is CCCN(CC)C(=O)c1sc(N2CCCC2)nc1N. The Balaban J connectivity index is 2.17. The van der Waals surface area contributed by atoms with Crippen LogP contribution in [-0.2, 0) is 0 Å². The molecular formula is C13H22N4OS. The van der Waals surface area contributed by atoms with Gasteiger partial charge in [0.15, 0.2) is 5.13 Å². The third-order valence-corrected chi connectivity index (χ3v) is 4.50. The molecule has 106 valence electrons. The lowest BCUT2D eigenvalue weighted by molar-refractivity contribution is 0.0770. The van der Waals surface area contributed by atoms with Gasteiger partial charge in [0, 0.05) is 26.2 Å². The Hall–Kier alpha value is -1.30. The first-order valence-corrected chi connectivity index (χ1v) is 7.79. The Bertz CT molecular complexity index is 440. The van der Waals surface area contributed by atoms with Gasteiger partial charge in [-0.05, 0) is 26.2 Å². The topological polar surface area (TPSA) is 62.5 Å². The van der Waals surface area contributed by atoms with Gasteiger partial charge in [-0.3, -0.25) is 4.79 Å². The average molecular weight is 282 g/mol. The van der Waals surface area contributed by atoms with Gasteiger partial charge in [-0.2, -0.15) is 0 Å². The Morgan fingerprint density at radius 3 is 2.68 bits per heavy atom. The normalized spacial score (nSPS) is 14.9. The molecule has 0 aromatic carbocycles. The number of nitrogens with zero attached hydrogens (tertiary/aromatic N) is 3. The molecule has 2 heterocycles. The molecule has 2 N–H and O–H groups in total. The molecule has 0 radical (unpaired) electrons. The molecule has 1 aliphatic rings. The fraction of sp³-hybridized carbons (Fsp3) is 0.692. The minimum Gasteiger partial charge on any atom is -0.382 e. The summed E-state index contributed by atoms with van der Waals surface area (Å²) in [6, 6.07) is 0. The zero-order chi connectivity index (χ0) is 13.8. The van der Waals surface area contributed by atoms with E-state index in [1.54, 1.807) is 0 Å². The van der Waals surface area contributed by atoms with Crippen LogP contribution in [0.2, 0.25) is 0 Å². The van der Waals surface area contributed by atoms with Gasteiger partial charge < -0.3 is 15.5 Å². The highest BCUT2D eigenvalue weighted by molar-refractivity contribution is 7.18. The van der Waals surface area contributed by atoms with Crippen molar-refractivity contribution in [3.63, 3.8) is 0 Å². The zero-order valence-corrected chi connectivity index (χ0v) is 12.5. The van der Waals surface area contributed by atoms with Gasteiger partial charge >= 0.3 is 0 Å². The standard InChI is InChI=1S/C13H22N4OS/c1-3-7-16(4-2)12(18)10-11(14)15-13(19-10)17-8-5-6-9-17/h3-9,14H2,1-2H3. The lowest BCUT2D eigenvalue weighted by Crippen LogP contribution is -2.31. The van der Waals surface area contributed by atoms with Gasteiger partial charge in [0.05, 0.1) is 0 Å². The molecule has 0 aliphatic carbocycles. The first kappa shape index (κ1) is 14.1. The van der Waals surface area contributed by atoms with Crippen LogP contribution < -0.4 is 10.6 Å². The van der Waals surface area contributed by atoms with Crippen molar-refractivity contribution in [2.24, 2.45) is 0 Å². The molecule has 1 amide bonds. The predicted octanol–water partition coefficient (Wildman–Crippen LogP) is 2.20. The summed E-state index contributed by atoms with van der Waals surface area (Å²) >= 11 is 1.43. The number of aromatic nitrogens is 1. The monoisotopic (exact) mass is 282 g/mol. The first-order valence-electron chi connectivity index (χ1n) is 6.97. The van der Waals surface area contributed by atoms with Gasteiger partial charge in [0.1, 0.15) is 10.7 Å². The van der Waals surface area contributed by atoms with E-state index in [0.717, 1.165) is 31.2 Å². The summed E-state index contributed by atoms with van der Waals surface area (Å²) in [5.41, 5.74) is 5.92. The number of hydrogen-bond acceptors (Lipinski definition) is 5. The van der Waals surface area contributed by atoms with Crippen LogP contribution in [0.4, 0.5) is 10.9 Å². The average Bonchev–Trinajstić information content (AvgIpc) is 3.04. The molecule has 1 aromatic rings. The van der Waals surface area contributed by atoms with E-state index in [-0.39, 0.29) is 5.91 Å². The molecule has 0 atom stereocenters. The minimum atomic E-state index is 0.0183. The molecule has 6 heteroatoms. The number of nitrogen functional groups attached to an aromatic ring is 1. The number of carbonyl (C=O) groups is 1. The molecule has 0 saturated carbocycles. The number of rotatable bonds is 5. The van der Waals surface area contributed by atoms with Crippen molar-refractivity contribution in [3.8, 4) is 0 Å².